The number of piperazine rings is 1. The molecule has 0 aromatic heterocycles. The third-order valence-corrected chi connectivity index (χ3v) is 7.20. The van der Waals surface area contributed by atoms with E-state index in [2.05, 4.69) is 61.8 Å². The first-order valence-electron chi connectivity index (χ1n) is 11.1. The van der Waals surface area contributed by atoms with Gasteiger partial charge in [-0.25, -0.2) is 0 Å². The molecule has 0 spiro atoms. The normalized spacial score (nSPS) is 18.8. The second kappa shape index (κ2) is 10.5. The van der Waals surface area contributed by atoms with Gasteiger partial charge < -0.3 is 5.11 Å². The van der Waals surface area contributed by atoms with Crippen LogP contribution in [0, 0.1) is 0 Å². The summed E-state index contributed by atoms with van der Waals surface area (Å²) >= 11 is 3.07. The van der Waals surface area contributed by atoms with E-state index in [4.69, 9.17) is 5.11 Å². The number of β-amino-alcohol motifs (C(OH)–C–C–N with tert-alkyl or cyclic N) is 1. The first kappa shape index (κ1) is 22.7. The summed E-state index contributed by atoms with van der Waals surface area (Å²) in [6.45, 7) is 5.47. The van der Waals surface area contributed by atoms with Crippen molar-refractivity contribution in [2.24, 2.45) is 0 Å². The number of nitrogens with zero attached hydrogens (tertiary/aromatic N) is 4. The van der Waals surface area contributed by atoms with Crippen LogP contribution in [0.5, 0.6) is 0 Å². The Balaban J connectivity index is 1.40. The fourth-order valence-electron chi connectivity index (χ4n) is 4.20. The summed E-state index contributed by atoms with van der Waals surface area (Å²) in [5.74, 6) is 0.0289. The zero-order valence-corrected chi connectivity index (χ0v) is 20.2. The molecule has 4 rings (SSSR count). The van der Waals surface area contributed by atoms with E-state index in [1.165, 1.54) is 11.3 Å². The number of anilines is 1. The molecule has 7 heteroatoms. The third-order valence-electron chi connectivity index (χ3n) is 6.16. The topological polar surface area (TPSA) is 50.3 Å². The molecule has 0 aliphatic carbocycles. The van der Waals surface area contributed by atoms with Crippen LogP contribution in [-0.4, -0.2) is 98.9 Å². The minimum atomic E-state index is 0.0289. The van der Waals surface area contributed by atoms with Gasteiger partial charge in [-0.2, -0.15) is 0 Å². The number of carbonyl (C=O) groups excluding carboxylic acids is 1. The van der Waals surface area contributed by atoms with Gasteiger partial charge in [0.05, 0.1) is 6.61 Å². The molecule has 32 heavy (non-hydrogen) atoms. The Hall–Kier alpha value is -2.44. The van der Waals surface area contributed by atoms with Crippen molar-refractivity contribution in [1.29, 1.82) is 0 Å². The van der Waals surface area contributed by atoms with Gasteiger partial charge >= 0.3 is 180 Å². The van der Waals surface area contributed by atoms with E-state index in [9.17, 15) is 4.79 Å². The standard InChI is InChI=1S/C25H30N4O2Se/c1-26-23(24(31)29(25(26)32)12-11-20-5-3-2-4-6-20)19-21-7-9-22(10-8-21)28-15-13-27(14-16-28)17-18-30/h2-10,19,30H,11-18H2,1H3. The van der Waals surface area contributed by atoms with Crippen molar-refractivity contribution in [1.82, 2.24) is 14.7 Å². The van der Waals surface area contributed by atoms with Crippen LogP contribution >= 0.6 is 0 Å². The quantitative estimate of drug-likeness (QED) is 0.463. The van der Waals surface area contributed by atoms with Crippen LogP contribution in [0.3, 0.4) is 0 Å². The molecule has 2 saturated heterocycles. The zero-order valence-electron chi connectivity index (χ0n) is 18.5. The summed E-state index contributed by atoms with van der Waals surface area (Å²) in [5.41, 5.74) is 4.11. The van der Waals surface area contributed by atoms with Gasteiger partial charge in [-0.1, -0.05) is 0 Å². The monoisotopic (exact) mass is 498 g/mol. The van der Waals surface area contributed by atoms with Crippen LogP contribution in [0.15, 0.2) is 60.3 Å². The van der Waals surface area contributed by atoms with Crippen LogP contribution in [0.1, 0.15) is 11.1 Å². The van der Waals surface area contributed by atoms with E-state index >= 15 is 0 Å². The van der Waals surface area contributed by atoms with Crippen molar-refractivity contribution in [3.8, 4) is 0 Å². The van der Waals surface area contributed by atoms with Gasteiger partial charge in [0.25, 0.3) is 0 Å². The Morgan fingerprint density at radius 1 is 0.969 bits per heavy atom. The van der Waals surface area contributed by atoms with Crippen LogP contribution in [0.25, 0.3) is 6.08 Å². The Morgan fingerprint density at radius 3 is 2.31 bits per heavy atom. The Morgan fingerprint density at radius 2 is 1.66 bits per heavy atom. The number of benzene rings is 2. The molecule has 2 aromatic rings. The Labute approximate surface area is 198 Å². The molecule has 2 aromatic carbocycles. The van der Waals surface area contributed by atoms with Crippen LogP contribution in [0.4, 0.5) is 5.69 Å². The van der Waals surface area contributed by atoms with Gasteiger partial charge in [-0.3, -0.25) is 0 Å². The predicted octanol–water partition coefficient (Wildman–Crippen LogP) is 1.41. The second-order valence-electron chi connectivity index (χ2n) is 8.21. The molecule has 6 nitrogen and oxygen atoms in total. The molecule has 2 aliphatic heterocycles. The van der Waals surface area contributed by atoms with Crippen molar-refractivity contribution in [2.45, 2.75) is 6.42 Å². The average molecular weight is 498 g/mol. The Bertz CT molecular complexity index is 969. The predicted molar refractivity (Wildman–Crippen MR) is 131 cm³/mol. The molecule has 0 saturated carbocycles. The number of aliphatic hydroxyl groups excluding tert-OH is 1. The summed E-state index contributed by atoms with van der Waals surface area (Å²) in [5, 5.41) is 9.11. The number of likely N-dealkylation sites (N-methyl/N-ethyl adjacent to an activating group) is 1. The molecule has 0 radical (unpaired) electrons. The molecule has 1 N–H and O–H groups in total. The van der Waals surface area contributed by atoms with E-state index < -0.39 is 0 Å². The molecule has 0 bridgehead atoms. The van der Waals surface area contributed by atoms with E-state index in [0.29, 0.717) is 12.2 Å². The molecule has 2 heterocycles. The molecule has 0 unspecified atom stereocenters. The first-order valence-corrected chi connectivity index (χ1v) is 12.0. The van der Waals surface area contributed by atoms with Crippen molar-refractivity contribution < 1.29 is 9.90 Å². The van der Waals surface area contributed by atoms with Crippen LogP contribution in [0.2, 0.25) is 0 Å². The molecule has 2 aliphatic rings. The summed E-state index contributed by atoms with van der Waals surface area (Å²) in [4.78, 5) is 21.5. The summed E-state index contributed by atoms with van der Waals surface area (Å²) in [7, 11) is 1.93. The van der Waals surface area contributed by atoms with Crippen molar-refractivity contribution in [2.75, 3.05) is 57.8 Å². The SMILES string of the molecule is CN1C(=[Se])N(CCc2ccccc2)C(=O)C1=Cc1ccc(N2CCN(CCO)CC2)cc1. The van der Waals surface area contributed by atoms with E-state index in [1.54, 1.807) is 0 Å². The zero-order chi connectivity index (χ0) is 22.5. The molecular formula is C25H30N4O2Se. The van der Waals surface area contributed by atoms with E-state index in [-0.39, 0.29) is 12.5 Å². The Kier molecular flexibility index (Phi) is 7.43. The fraction of sp³-hybridized carbons (Fsp3) is 0.360. The number of amides is 1. The van der Waals surface area contributed by atoms with Crippen LogP contribution in [-0.2, 0) is 11.2 Å². The molecule has 0 atom stereocenters. The van der Waals surface area contributed by atoms with E-state index in [0.717, 1.165) is 49.4 Å². The molecule has 2 fully saturated rings. The third kappa shape index (κ3) is 5.13. The van der Waals surface area contributed by atoms with Gasteiger partial charge in [0.2, 0.25) is 0 Å². The second-order valence-corrected chi connectivity index (χ2v) is 8.97. The molecule has 1 amide bonds. The maximum absolute atomic E-state index is 13.1. The van der Waals surface area contributed by atoms with Crippen molar-refractivity contribution in [3.05, 3.63) is 71.4 Å². The van der Waals surface area contributed by atoms with Gasteiger partial charge in [0.15, 0.2) is 0 Å². The van der Waals surface area contributed by atoms with Gasteiger partial charge in [-0.15, -0.1) is 0 Å². The number of hydrogen-bond acceptors (Lipinski definition) is 5. The first-order chi connectivity index (χ1) is 15.6. The number of carbonyl (C=O) groups is 1. The van der Waals surface area contributed by atoms with Crippen LogP contribution < -0.4 is 4.90 Å². The van der Waals surface area contributed by atoms with E-state index in [1.807, 2.05) is 41.1 Å². The average Bonchev–Trinajstić information content (AvgIpc) is 3.02. The number of hydrogen-bond donors (Lipinski definition) is 1. The summed E-state index contributed by atoms with van der Waals surface area (Å²) in [6.07, 6.45) is 2.78. The van der Waals surface area contributed by atoms with Gasteiger partial charge in [0.1, 0.15) is 0 Å². The number of aliphatic hydroxyl groups is 1. The summed E-state index contributed by atoms with van der Waals surface area (Å²) < 4.78 is 0.842. The number of rotatable bonds is 7. The fourth-order valence-corrected chi connectivity index (χ4v) is 4.78. The van der Waals surface area contributed by atoms with Crippen molar-refractivity contribution in [3.63, 3.8) is 0 Å². The molecular weight excluding hydrogens is 467 g/mol. The van der Waals surface area contributed by atoms with Crippen molar-refractivity contribution >= 4 is 37.9 Å². The van der Waals surface area contributed by atoms with Gasteiger partial charge in [0, 0.05) is 6.54 Å². The maximum atomic E-state index is 13.1. The minimum absolute atomic E-state index is 0.0289. The molecule has 168 valence electrons. The van der Waals surface area contributed by atoms with Gasteiger partial charge in [-0.05, 0) is 0 Å². The summed E-state index contributed by atoms with van der Waals surface area (Å²) in [6, 6.07) is 18.7.